The van der Waals surface area contributed by atoms with Gasteiger partial charge in [0, 0.05) is 5.56 Å². The average molecular weight is 435 g/mol. The number of phenols is 1. The van der Waals surface area contributed by atoms with Gasteiger partial charge >= 0.3 is 0 Å². The van der Waals surface area contributed by atoms with Crippen LogP contribution in [0.1, 0.15) is 5.56 Å². The van der Waals surface area contributed by atoms with Crippen LogP contribution in [-0.4, -0.2) is 40.1 Å². The Labute approximate surface area is 162 Å². The van der Waals surface area contributed by atoms with Crippen LogP contribution in [0.4, 0.5) is 0 Å². The van der Waals surface area contributed by atoms with Crippen LogP contribution in [0.15, 0.2) is 51.1 Å². The fourth-order valence-corrected chi connectivity index (χ4v) is 3.27. The molecule has 0 saturated carbocycles. The molecule has 1 heterocycles. The number of hydrogen-bond acceptors (Lipinski definition) is 6. The molecule has 26 heavy (non-hydrogen) atoms. The molecule has 7 nitrogen and oxygen atoms in total. The van der Waals surface area contributed by atoms with Crippen molar-refractivity contribution < 1.29 is 14.6 Å². The monoisotopic (exact) mass is 434 g/mol. The van der Waals surface area contributed by atoms with Gasteiger partial charge in [0.2, 0.25) is 0 Å². The van der Waals surface area contributed by atoms with E-state index in [4.69, 9.17) is 4.74 Å². The van der Waals surface area contributed by atoms with Gasteiger partial charge in [-0.05, 0) is 40.2 Å². The second kappa shape index (κ2) is 8.24. The summed E-state index contributed by atoms with van der Waals surface area (Å²) >= 11 is 4.56. The van der Waals surface area contributed by atoms with Gasteiger partial charge in [-0.1, -0.05) is 23.9 Å². The molecule has 1 aromatic heterocycles. The highest BCUT2D eigenvalue weighted by Gasteiger charge is 2.10. The molecule has 0 aliphatic rings. The highest BCUT2D eigenvalue weighted by atomic mass is 79.9. The number of nitrogens with one attached hydrogen (secondary N) is 2. The minimum absolute atomic E-state index is 0.0248. The van der Waals surface area contributed by atoms with Crippen LogP contribution in [-0.2, 0) is 4.79 Å². The summed E-state index contributed by atoms with van der Waals surface area (Å²) in [5.41, 5.74) is 4.84. The summed E-state index contributed by atoms with van der Waals surface area (Å²) in [4.78, 5) is 19.4. The molecule has 0 aliphatic heterocycles. The van der Waals surface area contributed by atoms with Crippen LogP contribution < -0.4 is 10.2 Å². The van der Waals surface area contributed by atoms with Crippen molar-refractivity contribution in [1.82, 2.24) is 15.4 Å². The van der Waals surface area contributed by atoms with Crippen LogP contribution in [0, 0.1) is 0 Å². The Balaban J connectivity index is 1.55. The van der Waals surface area contributed by atoms with E-state index in [1.165, 1.54) is 25.1 Å². The van der Waals surface area contributed by atoms with Gasteiger partial charge in [0.05, 0.1) is 34.6 Å². The molecule has 3 N–H and O–H groups in total. The molecule has 0 atom stereocenters. The maximum Gasteiger partial charge on any atom is 0.250 e. The van der Waals surface area contributed by atoms with Gasteiger partial charge in [-0.15, -0.1) is 0 Å². The molecular formula is C17H15BrN4O3S. The van der Waals surface area contributed by atoms with Gasteiger partial charge in [0.1, 0.15) is 0 Å². The van der Waals surface area contributed by atoms with Crippen molar-refractivity contribution in [1.29, 1.82) is 0 Å². The molecule has 0 unspecified atom stereocenters. The Morgan fingerprint density at radius 3 is 3.00 bits per heavy atom. The summed E-state index contributed by atoms with van der Waals surface area (Å²) in [6.07, 6.45) is 1.44. The molecule has 3 rings (SSSR count). The van der Waals surface area contributed by atoms with Crippen LogP contribution >= 0.6 is 27.7 Å². The Hall–Kier alpha value is -2.52. The predicted octanol–water partition coefficient (Wildman–Crippen LogP) is 3.28. The Morgan fingerprint density at radius 2 is 2.23 bits per heavy atom. The summed E-state index contributed by atoms with van der Waals surface area (Å²) in [6.45, 7) is 0. The third-order valence-corrected chi connectivity index (χ3v) is 5.14. The molecule has 0 aliphatic carbocycles. The predicted molar refractivity (Wildman–Crippen MR) is 105 cm³/mol. The molecule has 3 aromatic rings. The highest BCUT2D eigenvalue weighted by Crippen LogP contribution is 2.35. The van der Waals surface area contributed by atoms with Crippen molar-refractivity contribution in [2.45, 2.75) is 5.16 Å². The number of imidazole rings is 1. The van der Waals surface area contributed by atoms with Gasteiger partial charge in [0.25, 0.3) is 5.91 Å². The van der Waals surface area contributed by atoms with Crippen molar-refractivity contribution in [3.63, 3.8) is 0 Å². The van der Waals surface area contributed by atoms with Crippen molar-refractivity contribution in [2.24, 2.45) is 5.10 Å². The molecule has 2 aromatic carbocycles. The zero-order valence-corrected chi connectivity index (χ0v) is 16.1. The Bertz CT molecular complexity index is 941. The number of nitrogens with zero attached hydrogens (tertiary/aromatic N) is 2. The number of ether oxygens (including phenoxy) is 1. The van der Waals surface area contributed by atoms with E-state index in [1.54, 1.807) is 12.1 Å². The maximum atomic E-state index is 11.9. The summed E-state index contributed by atoms with van der Waals surface area (Å²) in [7, 11) is 1.47. The maximum absolute atomic E-state index is 11.9. The summed E-state index contributed by atoms with van der Waals surface area (Å²) in [5, 5.41) is 14.5. The van der Waals surface area contributed by atoms with E-state index in [1.807, 2.05) is 24.3 Å². The molecule has 0 fully saturated rings. The summed E-state index contributed by atoms with van der Waals surface area (Å²) < 4.78 is 5.45. The number of methoxy groups -OCH3 is 1. The van der Waals surface area contributed by atoms with E-state index in [0.717, 1.165) is 11.0 Å². The van der Waals surface area contributed by atoms with E-state index in [0.29, 0.717) is 20.9 Å². The smallest absolute Gasteiger partial charge is 0.250 e. The van der Waals surface area contributed by atoms with Gasteiger partial charge in [0.15, 0.2) is 16.7 Å². The minimum atomic E-state index is -0.263. The topological polar surface area (TPSA) is 99.6 Å². The first-order valence-electron chi connectivity index (χ1n) is 7.53. The molecular weight excluding hydrogens is 420 g/mol. The van der Waals surface area contributed by atoms with Gasteiger partial charge < -0.3 is 14.8 Å². The molecule has 0 saturated heterocycles. The lowest BCUT2D eigenvalue weighted by molar-refractivity contribution is -0.118. The van der Waals surface area contributed by atoms with Crippen molar-refractivity contribution >= 4 is 50.8 Å². The first-order chi connectivity index (χ1) is 12.6. The molecule has 134 valence electrons. The standard InChI is InChI=1S/C17H15BrN4O3S/c1-25-13-7-6-10(15(18)16(13)24)8-19-22-14(23)9-26-17-20-11-4-2-3-5-12(11)21-17/h2-8,24H,9H2,1H3,(H,20,21)(H,22,23)/b19-8-. The van der Waals surface area contributed by atoms with Crippen molar-refractivity contribution in [3.8, 4) is 11.5 Å². The number of para-hydroxylation sites is 2. The zero-order valence-electron chi connectivity index (χ0n) is 13.7. The van der Waals surface area contributed by atoms with Gasteiger partial charge in [-0.2, -0.15) is 5.10 Å². The average Bonchev–Trinajstić information content (AvgIpc) is 3.06. The molecule has 0 spiro atoms. The zero-order chi connectivity index (χ0) is 18.5. The summed E-state index contributed by atoms with van der Waals surface area (Å²) in [5.74, 6) is 0.232. The number of halogens is 1. The molecule has 0 radical (unpaired) electrons. The van der Waals surface area contributed by atoms with Crippen molar-refractivity contribution in [2.75, 3.05) is 12.9 Å². The largest absolute Gasteiger partial charge is 0.503 e. The van der Waals surface area contributed by atoms with Gasteiger partial charge in [-0.25, -0.2) is 10.4 Å². The Morgan fingerprint density at radius 1 is 1.42 bits per heavy atom. The number of phenolic OH excluding ortho intramolecular Hbond substituents is 1. The molecule has 1 amide bonds. The van der Waals surface area contributed by atoms with Crippen molar-refractivity contribution in [3.05, 3.63) is 46.4 Å². The van der Waals surface area contributed by atoms with E-state index >= 15 is 0 Å². The second-order valence-corrected chi connectivity index (χ2v) is 6.92. The number of H-pyrrole nitrogens is 1. The highest BCUT2D eigenvalue weighted by molar-refractivity contribution is 9.10. The lowest BCUT2D eigenvalue weighted by Crippen LogP contribution is -2.19. The number of aromatic hydroxyl groups is 1. The number of benzene rings is 2. The minimum Gasteiger partial charge on any atom is -0.503 e. The number of aromatic amines is 1. The number of fused-ring (bicyclic) bond motifs is 1. The normalized spacial score (nSPS) is 11.2. The number of amides is 1. The number of hydrogen-bond donors (Lipinski definition) is 3. The van der Waals surface area contributed by atoms with Crippen LogP contribution in [0.5, 0.6) is 11.5 Å². The van der Waals surface area contributed by atoms with Gasteiger partial charge in [-0.3, -0.25) is 4.79 Å². The second-order valence-electron chi connectivity index (χ2n) is 5.16. The van der Waals surface area contributed by atoms with E-state index in [-0.39, 0.29) is 17.4 Å². The van der Waals surface area contributed by atoms with Crippen LogP contribution in [0.2, 0.25) is 0 Å². The van der Waals surface area contributed by atoms with E-state index < -0.39 is 0 Å². The first-order valence-corrected chi connectivity index (χ1v) is 9.31. The number of aromatic nitrogens is 2. The fraction of sp³-hybridized carbons (Fsp3) is 0.118. The van der Waals surface area contributed by atoms with E-state index in [2.05, 4.69) is 36.4 Å². The third kappa shape index (κ3) is 4.17. The lowest BCUT2D eigenvalue weighted by atomic mass is 10.2. The van der Waals surface area contributed by atoms with Crippen LogP contribution in [0.3, 0.4) is 0 Å². The number of carbonyl (C=O) groups excluding carboxylic acids is 1. The van der Waals surface area contributed by atoms with E-state index in [9.17, 15) is 9.90 Å². The number of rotatable bonds is 6. The molecule has 0 bridgehead atoms. The molecule has 9 heteroatoms. The first kappa shape index (κ1) is 18.3. The number of carbonyl (C=O) groups is 1. The fourth-order valence-electron chi connectivity index (χ4n) is 2.16. The quantitative estimate of drug-likeness (QED) is 0.314. The SMILES string of the molecule is COc1ccc(/C=N\NC(=O)CSc2nc3ccccc3[nH]2)c(Br)c1O. The lowest BCUT2D eigenvalue weighted by Gasteiger charge is -2.06. The third-order valence-electron chi connectivity index (χ3n) is 3.43. The summed E-state index contributed by atoms with van der Waals surface area (Å²) in [6, 6.07) is 11.0. The Kier molecular flexibility index (Phi) is 5.79. The van der Waals surface area contributed by atoms with Crippen LogP contribution in [0.25, 0.3) is 11.0 Å². The number of hydrazone groups is 1. The number of thioether (sulfide) groups is 1.